The third kappa shape index (κ3) is 3.62. The highest BCUT2D eigenvalue weighted by Gasteiger charge is 2.33. The summed E-state index contributed by atoms with van der Waals surface area (Å²) in [5.41, 5.74) is 3.73. The number of nitrogens with zero attached hydrogens (tertiary/aromatic N) is 2. The molecule has 168 valence electrons. The second-order valence-corrected chi connectivity index (χ2v) is 9.20. The molecule has 3 heterocycles. The number of aryl methyl sites for hydroxylation is 1. The summed E-state index contributed by atoms with van der Waals surface area (Å²) in [4.78, 5) is 35.3. The molecule has 1 aliphatic carbocycles. The first-order valence-corrected chi connectivity index (χ1v) is 11.9. The Balaban J connectivity index is 1.76. The van der Waals surface area contributed by atoms with Gasteiger partial charge in [-0.25, -0.2) is 9.79 Å². The zero-order valence-corrected chi connectivity index (χ0v) is 19.7. The summed E-state index contributed by atoms with van der Waals surface area (Å²) < 4.78 is 7.57. The van der Waals surface area contributed by atoms with Gasteiger partial charge in [-0.05, 0) is 45.3 Å². The lowest BCUT2D eigenvalue weighted by Crippen LogP contribution is -2.40. The van der Waals surface area contributed by atoms with Crippen molar-refractivity contribution in [3.63, 3.8) is 0 Å². The van der Waals surface area contributed by atoms with E-state index in [1.807, 2.05) is 43.3 Å². The fourth-order valence-corrected chi connectivity index (χ4v) is 5.61. The second kappa shape index (κ2) is 8.48. The zero-order valence-electron chi connectivity index (χ0n) is 18.8. The summed E-state index contributed by atoms with van der Waals surface area (Å²) in [6.07, 6.45) is 8.38. The van der Waals surface area contributed by atoms with E-state index in [2.05, 4.69) is 22.1 Å². The van der Waals surface area contributed by atoms with Crippen molar-refractivity contribution in [2.75, 3.05) is 6.61 Å². The van der Waals surface area contributed by atoms with Crippen LogP contribution in [0.25, 0.3) is 18.2 Å². The Labute approximate surface area is 194 Å². The van der Waals surface area contributed by atoms with Gasteiger partial charge in [0.1, 0.15) is 0 Å². The molecule has 1 aliphatic heterocycles. The first-order chi connectivity index (χ1) is 16.0. The monoisotopic (exact) mass is 459 g/mol. The zero-order chi connectivity index (χ0) is 23.1. The Morgan fingerprint density at radius 2 is 2.00 bits per heavy atom. The van der Waals surface area contributed by atoms with Crippen LogP contribution in [0.2, 0.25) is 0 Å². The first-order valence-electron chi connectivity index (χ1n) is 11.1. The number of thiazole rings is 1. The number of hydrogen-bond donors (Lipinski definition) is 1. The van der Waals surface area contributed by atoms with Gasteiger partial charge in [0.25, 0.3) is 5.56 Å². The van der Waals surface area contributed by atoms with Gasteiger partial charge in [-0.1, -0.05) is 53.8 Å². The maximum atomic E-state index is 13.7. The summed E-state index contributed by atoms with van der Waals surface area (Å²) in [6, 6.07) is 9.01. The predicted octanol–water partition coefficient (Wildman–Crippen LogP) is 1.79. The minimum absolute atomic E-state index is 0.156. The highest BCUT2D eigenvalue weighted by atomic mass is 32.1. The Bertz CT molecular complexity index is 1590. The molecule has 2 aliphatic rings. The van der Waals surface area contributed by atoms with Crippen molar-refractivity contribution in [3.8, 4) is 0 Å². The van der Waals surface area contributed by atoms with Gasteiger partial charge in [-0.2, -0.15) is 0 Å². The van der Waals surface area contributed by atoms with Crippen LogP contribution in [0.5, 0.6) is 0 Å². The molecule has 0 fully saturated rings. The standard InChI is InChI=1S/C26H25N3O3S/c1-4-32-25(31)22-16(3)28-26-29(23(22)17-10-6-5-7-11-17)24(30)21(33-26)14-19-15(2)27-20-13-9-8-12-18(19)20/h5-7,10-14,23,27H,4,8-9H2,1-3H3/b21-14-. The van der Waals surface area contributed by atoms with Crippen LogP contribution in [0, 0.1) is 6.92 Å². The van der Waals surface area contributed by atoms with Crippen LogP contribution in [0.15, 0.2) is 51.4 Å². The maximum absolute atomic E-state index is 13.7. The molecule has 0 radical (unpaired) electrons. The van der Waals surface area contributed by atoms with Crippen LogP contribution in [-0.2, 0) is 9.53 Å². The van der Waals surface area contributed by atoms with E-state index in [0.717, 1.165) is 40.2 Å². The summed E-state index contributed by atoms with van der Waals surface area (Å²) in [6.45, 7) is 5.86. The number of carbonyl (C=O) groups excluding carboxylic acids is 1. The SMILES string of the molecule is CCOC(=O)C1=C(C)N=c2s/c(=C\c3c(C)[nH]c4c3=CCCC=4)c(=O)n2C1c1ccccc1. The van der Waals surface area contributed by atoms with E-state index in [1.165, 1.54) is 11.3 Å². The molecule has 1 aromatic carbocycles. The van der Waals surface area contributed by atoms with Gasteiger partial charge >= 0.3 is 5.97 Å². The van der Waals surface area contributed by atoms with Crippen LogP contribution < -0.4 is 25.5 Å². The third-order valence-corrected chi connectivity index (χ3v) is 7.06. The van der Waals surface area contributed by atoms with Crippen LogP contribution in [-0.4, -0.2) is 22.1 Å². The molecule has 1 unspecified atom stereocenters. The fourth-order valence-electron chi connectivity index (χ4n) is 4.58. The average molecular weight is 460 g/mol. The maximum Gasteiger partial charge on any atom is 0.338 e. The number of carbonyl (C=O) groups is 1. The van der Waals surface area contributed by atoms with Crippen molar-refractivity contribution >= 4 is 35.5 Å². The normalized spacial score (nSPS) is 17.5. The number of allylic oxidation sites excluding steroid dienone is 1. The highest BCUT2D eigenvalue weighted by Crippen LogP contribution is 2.30. The topological polar surface area (TPSA) is 76.4 Å². The van der Waals surface area contributed by atoms with Crippen molar-refractivity contribution in [1.82, 2.24) is 9.55 Å². The quantitative estimate of drug-likeness (QED) is 0.605. The molecule has 7 heteroatoms. The molecule has 5 rings (SSSR count). The molecule has 0 saturated heterocycles. The Morgan fingerprint density at radius 3 is 2.76 bits per heavy atom. The van der Waals surface area contributed by atoms with Gasteiger partial charge in [-0.3, -0.25) is 9.36 Å². The van der Waals surface area contributed by atoms with Gasteiger partial charge in [0.15, 0.2) is 4.80 Å². The van der Waals surface area contributed by atoms with Gasteiger partial charge in [0, 0.05) is 21.8 Å². The van der Waals surface area contributed by atoms with Crippen molar-refractivity contribution < 1.29 is 9.53 Å². The summed E-state index contributed by atoms with van der Waals surface area (Å²) in [5.74, 6) is -0.442. The smallest absolute Gasteiger partial charge is 0.338 e. The number of esters is 1. The number of fused-ring (bicyclic) bond motifs is 2. The van der Waals surface area contributed by atoms with E-state index in [-0.39, 0.29) is 12.2 Å². The van der Waals surface area contributed by atoms with E-state index < -0.39 is 12.0 Å². The molecule has 0 spiro atoms. The number of benzene rings is 1. The molecule has 0 amide bonds. The van der Waals surface area contributed by atoms with E-state index >= 15 is 0 Å². The molecule has 3 aromatic rings. The first kappa shape index (κ1) is 21.4. The van der Waals surface area contributed by atoms with Gasteiger partial charge in [0.2, 0.25) is 0 Å². The Morgan fingerprint density at radius 1 is 1.24 bits per heavy atom. The summed E-state index contributed by atoms with van der Waals surface area (Å²) in [7, 11) is 0. The minimum Gasteiger partial charge on any atom is -0.463 e. The number of nitrogens with one attached hydrogen (secondary N) is 1. The van der Waals surface area contributed by atoms with Crippen molar-refractivity contribution in [1.29, 1.82) is 0 Å². The van der Waals surface area contributed by atoms with Crippen molar-refractivity contribution in [2.45, 2.75) is 39.7 Å². The molecule has 0 saturated carbocycles. The van der Waals surface area contributed by atoms with Crippen molar-refractivity contribution in [3.05, 3.63) is 88.7 Å². The molecule has 2 aromatic heterocycles. The van der Waals surface area contributed by atoms with Gasteiger partial charge in [0.05, 0.1) is 28.5 Å². The number of ether oxygens (including phenoxy) is 1. The number of H-pyrrole nitrogens is 1. The molecule has 33 heavy (non-hydrogen) atoms. The second-order valence-electron chi connectivity index (χ2n) is 8.19. The van der Waals surface area contributed by atoms with Crippen LogP contribution in [0.3, 0.4) is 0 Å². The van der Waals surface area contributed by atoms with Crippen molar-refractivity contribution in [2.24, 2.45) is 4.99 Å². The van der Waals surface area contributed by atoms with E-state index in [1.54, 1.807) is 18.4 Å². The minimum atomic E-state index is -0.579. The molecule has 6 nitrogen and oxygen atoms in total. The lowest BCUT2D eigenvalue weighted by Gasteiger charge is -2.24. The Hall–Kier alpha value is -3.45. The van der Waals surface area contributed by atoms with Crippen LogP contribution >= 0.6 is 11.3 Å². The summed E-state index contributed by atoms with van der Waals surface area (Å²) >= 11 is 1.35. The number of rotatable bonds is 4. The van der Waals surface area contributed by atoms with E-state index in [9.17, 15) is 9.59 Å². The highest BCUT2D eigenvalue weighted by molar-refractivity contribution is 7.07. The predicted molar refractivity (Wildman–Crippen MR) is 130 cm³/mol. The molecule has 0 bridgehead atoms. The number of aromatic amines is 1. The number of aromatic nitrogens is 2. The fraction of sp³-hybridized carbons (Fsp3) is 0.269. The number of hydrogen-bond acceptors (Lipinski definition) is 5. The average Bonchev–Trinajstić information content (AvgIpc) is 3.29. The summed E-state index contributed by atoms with van der Waals surface area (Å²) in [5, 5.41) is 2.26. The van der Waals surface area contributed by atoms with E-state index in [4.69, 9.17) is 4.74 Å². The van der Waals surface area contributed by atoms with Gasteiger partial charge < -0.3 is 9.72 Å². The lowest BCUT2D eigenvalue weighted by atomic mass is 9.96. The Kier molecular flexibility index (Phi) is 5.50. The molecular weight excluding hydrogens is 434 g/mol. The molecular formula is C26H25N3O3S. The molecule has 1 N–H and O–H groups in total. The third-order valence-electron chi connectivity index (χ3n) is 6.08. The molecule has 1 atom stereocenters. The van der Waals surface area contributed by atoms with E-state index in [0.29, 0.717) is 20.6 Å². The van der Waals surface area contributed by atoms with Gasteiger partial charge in [-0.15, -0.1) is 0 Å². The largest absolute Gasteiger partial charge is 0.463 e. The van der Waals surface area contributed by atoms with Crippen LogP contribution in [0.1, 0.15) is 49.6 Å². The van der Waals surface area contributed by atoms with Crippen LogP contribution in [0.4, 0.5) is 0 Å². The lowest BCUT2D eigenvalue weighted by molar-refractivity contribution is -0.139.